The summed E-state index contributed by atoms with van der Waals surface area (Å²) in [6, 6.07) is 15.4. The molecule has 4 aromatic heterocycles. The van der Waals surface area contributed by atoms with Crippen LogP contribution in [0.25, 0.3) is 28.2 Å². The monoisotopic (exact) mass is 423 g/mol. The Balaban J connectivity index is 1.46. The van der Waals surface area contributed by atoms with Gasteiger partial charge in [-0.3, -0.25) is 4.98 Å². The lowest BCUT2D eigenvalue weighted by molar-refractivity contribution is 0.193. The van der Waals surface area contributed by atoms with Gasteiger partial charge in [0.15, 0.2) is 5.65 Å². The van der Waals surface area contributed by atoms with Gasteiger partial charge in [-0.15, -0.1) is 5.10 Å². The van der Waals surface area contributed by atoms with Crippen molar-refractivity contribution < 1.29 is 4.74 Å². The Morgan fingerprint density at radius 2 is 2.09 bits per heavy atom. The van der Waals surface area contributed by atoms with Crippen LogP contribution in [0.4, 0.5) is 0 Å². The highest BCUT2D eigenvalue weighted by Crippen LogP contribution is 2.26. The Bertz CT molecular complexity index is 1420. The number of benzene rings is 1. The van der Waals surface area contributed by atoms with Gasteiger partial charge in [0, 0.05) is 23.5 Å². The van der Waals surface area contributed by atoms with Crippen LogP contribution >= 0.6 is 0 Å². The van der Waals surface area contributed by atoms with Crippen molar-refractivity contribution in [3.8, 4) is 34.3 Å². The average molecular weight is 423 g/mol. The highest BCUT2D eigenvalue weighted by atomic mass is 16.5. The first-order chi connectivity index (χ1) is 15.7. The molecular formula is C22H17N9O. The maximum atomic E-state index is 9.45. The molecule has 0 amide bonds. The molecule has 32 heavy (non-hydrogen) atoms. The van der Waals surface area contributed by atoms with E-state index in [1.165, 1.54) is 0 Å². The molecule has 10 nitrogen and oxygen atoms in total. The van der Waals surface area contributed by atoms with Crippen molar-refractivity contribution in [2.24, 2.45) is 0 Å². The fourth-order valence-corrected chi connectivity index (χ4v) is 3.43. The third-order valence-corrected chi connectivity index (χ3v) is 4.88. The molecule has 0 aliphatic heterocycles. The predicted octanol–water partition coefficient (Wildman–Crippen LogP) is 2.78. The van der Waals surface area contributed by atoms with Gasteiger partial charge in [-0.05, 0) is 47.7 Å². The summed E-state index contributed by atoms with van der Waals surface area (Å²) in [5.41, 5.74) is 4.22. The molecule has 0 fully saturated rings. The number of nitriles is 1. The predicted molar refractivity (Wildman–Crippen MR) is 114 cm³/mol. The normalized spacial score (nSPS) is 11.9. The third-order valence-electron chi connectivity index (χ3n) is 4.88. The number of hydrogen-bond donors (Lipinski definition) is 0. The van der Waals surface area contributed by atoms with Gasteiger partial charge in [0.25, 0.3) is 0 Å². The van der Waals surface area contributed by atoms with Gasteiger partial charge in [-0.25, -0.2) is 14.2 Å². The van der Waals surface area contributed by atoms with Crippen LogP contribution in [0.5, 0.6) is 5.75 Å². The Hall–Kier alpha value is -4.65. The molecule has 0 saturated carbocycles. The summed E-state index contributed by atoms with van der Waals surface area (Å²) in [5, 5.41) is 25.4. The van der Waals surface area contributed by atoms with Crippen molar-refractivity contribution in [1.29, 1.82) is 5.26 Å². The fourth-order valence-electron chi connectivity index (χ4n) is 3.43. The molecule has 5 rings (SSSR count). The van der Waals surface area contributed by atoms with E-state index in [-0.39, 0.29) is 6.10 Å². The Morgan fingerprint density at radius 1 is 1.16 bits per heavy atom. The molecule has 1 atom stereocenters. The molecule has 1 unspecified atom stereocenters. The van der Waals surface area contributed by atoms with Crippen LogP contribution in [0.3, 0.4) is 0 Å². The first kappa shape index (κ1) is 19.3. The second-order valence-corrected chi connectivity index (χ2v) is 7.15. The number of nitrogens with zero attached hydrogens (tertiary/aromatic N) is 9. The van der Waals surface area contributed by atoms with Gasteiger partial charge in [0.05, 0.1) is 35.8 Å². The smallest absolute Gasteiger partial charge is 0.154 e. The molecule has 0 N–H and O–H groups in total. The van der Waals surface area contributed by atoms with Crippen molar-refractivity contribution in [3.05, 3.63) is 72.9 Å². The van der Waals surface area contributed by atoms with Gasteiger partial charge < -0.3 is 4.74 Å². The quantitative estimate of drug-likeness (QED) is 0.409. The number of ether oxygens (including phenoxy) is 1. The summed E-state index contributed by atoms with van der Waals surface area (Å²) >= 11 is 0. The first-order valence-electron chi connectivity index (χ1n) is 9.88. The summed E-state index contributed by atoms with van der Waals surface area (Å²) in [5.74, 6) is 0.717. The minimum Gasteiger partial charge on any atom is -0.489 e. The average Bonchev–Trinajstić information content (AvgIpc) is 3.48. The minimum atomic E-state index is -0.126. The largest absolute Gasteiger partial charge is 0.489 e. The fraction of sp³-hybridized carbons (Fsp3) is 0.136. The number of fused-ring (bicyclic) bond motifs is 1. The van der Waals surface area contributed by atoms with Crippen LogP contribution in [-0.2, 0) is 6.54 Å². The maximum absolute atomic E-state index is 9.45. The Labute approximate surface area is 182 Å². The summed E-state index contributed by atoms with van der Waals surface area (Å²) in [6.07, 6.45) is 6.37. The molecule has 156 valence electrons. The van der Waals surface area contributed by atoms with E-state index < -0.39 is 0 Å². The van der Waals surface area contributed by atoms with E-state index in [0.717, 1.165) is 17.0 Å². The van der Waals surface area contributed by atoms with Gasteiger partial charge >= 0.3 is 0 Å². The molecule has 0 aliphatic rings. The van der Waals surface area contributed by atoms with E-state index in [1.54, 1.807) is 40.2 Å². The van der Waals surface area contributed by atoms with E-state index in [1.807, 2.05) is 43.3 Å². The van der Waals surface area contributed by atoms with Crippen LogP contribution in [0, 0.1) is 11.3 Å². The Kier molecular flexibility index (Phi) is 4.97. The molecule has 0 saturated heterocycles. The Morgan fingerprint density at radius 3 is 2.94 bits per heavy atom. The number of pyridine rings is 1. The SMILES string of the molecule is CC(Cn1cnnn1)Oc1cccc(-c2ccc3ncc(-c4cnccc4C#N)n3n2)c1. The maximum Gasteiger partial charge on any atom is 0.154 e. The molecule has 5 aromatic rings. The summed E-state index contributed by atoms with van der Waals surface area (Å²) < 4.78 is 9.38. The third kappa shape index (κ3) is 3.75. The second kappa shape index (κ2) is 8.23. The van der Waals surface area contributed by atoms with E-state index in [9.17, 15) is 5.26 Å². The van der Waals surface area contributed by atoms with E-state index in [2.05, 4.69) is 31.6 Å². The topological polar surface area (TPSA) is 120 Å². The van der Waals surface area contributed by atoms with Gasteiger partial charge in [0.2, 0.25) is 0 Å². The molecule has 0 spiro atoms. The van der Waals surface area contributed by atoms with Crippen LogP contribution in [0.1, 0.15) is 12.5 Å². The number of hydrogen-bond acceptors (Lipinski definition) is 8. The standard InChI is InChI=1S/C22H17N9O/c1-15(13-30-14-26-28-29-30)32-18-4-2-3-16(9-18)20-5-6-22-25-12-21(31(22)27-20)19-11-24-8-7-17(19)10-23/h2-9,11-12,14-15H,13H2,1H3. The highest BCUT2D eigenvalue weighted by molar-refractivity contribution is 5.70. The number of aromatic nitrogens is 8. The van der Waals surface area contributed by atoms with Crippen molar-refractivity contribution in [1.82, 2.24) is 39.8 Å². The second-order valence-electron chi connectivity index (χ2n) is 7.15. The van der Waals surface area contributed by atoms with Crippen molar-refractivity contribution in [2.45, 2.75) is 19.6 Å². The van der Waals surface area contributed by atoms with Crippen molar-refractivity contribution in [2.75, 3.05) is 0 Å². The van der Waals surface area contributed by atoms with Gasteiger partial charge in [-0.2, -0.15) is 10.4 Å². The molecule has 0 bridgehead atoms. The number of rotatable bonds is 6. The summed E-state index contributed by atoms with van der Waals surface area (Å²) in [7, 11) is 0. The minimum absolute atomic E-state index is 0.126. The lowest BCUT2D eigenvalue weighted by Gasteiger charge is -2.15. The first-order valence-corrected chi connectivity index (χ1v) is 9.88. The molecule has 10 heteroatoms. The zero-order valence-corrected chi connectivity index (χ0v) is 17.1. The lowest BCUT2D eigenvalue weighted by Crippen LogP contribution is -2.20. The van der Waals surface area contributed by atoms with E-state index >= 15 is 0 Å². The lowest BCUT2D eigenvalue weighted by atomic mass is 10.1. The molecular weight excluding hydrogens is 406 g/mol. The molecule has 0 aliphatic carbocycles. The van der Waals surface area contributed by atoms with Crippen molar-refractivity contribution in [3.63, 3.8) is 0 Å². The zero-order chi connectivity index (χ0) is 21.9. The summed E-state index contributed by atoms with van der Waals surface area (Å²) in [4.78, 5) is 8.57. The zero-order valence-electron chi connectivity index (χ0n) is 17.1. The highest BCUT2D eigenvalue weighted by Gasteiger charge is 2.13. The molecule has 1 aromatic carbocycles. The van der Waals surface area contributed by atoms with E-state index in [4.69, 9.17) is 9.84 Å². The van der Waals surface area contributed by atoms with Gasteiger partial charge in [0.1, 0.15) is 18.2 Å². The van der Waals surface area contributed by atoms with Crippen molar-refractivity contribution >= 4 is 5.65 Å². The van der Waals surface area contributed by atoms with Crippen LogP contribution < -0.4 is 4.74 Å². The van der Waals surface area contributed by atoms with Crippen LogP contribution in [0.15, 0.2) is 67.4 Å². The van der Waals surface area contributed by atoms with Gasteiger partial charge in [-0.1, -0.05) is 12.1 Å². The number of imidazole rings is 1. The molecule has 4 heterocycles. The molecule has 0 radical (unpaired) electrons. The van der Waals surface area contributed by atoms with E-state index in [0.29, 0.717) is 29.0 Å². The van der Waals surface area contributed by atoms with Crippen LogP contribution in [-0.4, -0.2) is 45.9 Å². The van der Waals surface area contributed by atoms with Crippen LogP contribution in [0.2, 0.25) is 0 Å². The number of tetrazole rings is 1. The summed E-state index contributed by atoms with van der Waals surface area (Å²) in [6.45, 7) is 2.49.